The lowest BCUT2D eigenvalue weighted by molar-refractivity contribution is 0.109. The molecular weight excluding hydrogens is 212 g/mol. The van der Waals surface area contributed by atoms with Crippen LogP contribution in [0.15, 0.2) is 27.8 Å². The van der Waals surface area contributed by atoms with Crippen molar-refractivity contribution in [2.45, 2.75) is 0 Å². The molecule has 1 aromatic carbocycles. The van der Waals surface area contributed by atoms with Crippen molar-refractivity contribution in [3.05, 3.63) is 38.9 Å². The maximum Gasteiger partial charge on any atom is 0.314 e. The predicted molar refractivity (Wildman–Crippen MR) is 59.0 cm³/mol. The van der Waals surface area contributed by atoms with Crippen LogP contribution in [0.2, 0.25) is 0 Å². The molecule has 0 fully saturated rings. The SMILES string of the molecule is CNONc1ccc2[nH]c(=O)c(=O)[nH]c2c1. The minimum atomic E-state index is -0.681. The van der Waals surface area contributed by atoms with Crippen LogP contribution in [0.5, 0.6) is 0 Å². The van der Waals surface area contributed by atoms with E-state index in [0.717, 1.165) is 0 Å². The van der Waals surface area contributed by atoms with Crippen LogP contribution in [0.4, 0.5) is 5.69 Å². The molecule has 2 aromatic rings. The maximum atomic E-state index is 11.1. The molecule has 0 amide bonds. The van der Waals surface area contributed by atoms with E-state index in [4.69, 9.17) is 4.94 Å². The number of aromatic amines is 2. The third kappa shape index (κ3) is 1.95. The second-order valence-corrected chi connectivity index (χ2v) is 3.08. The van der Waals surface area contributed by atoms with Gasteiger partial charge in [0.1, 0.15) is 0 Å². The van der Waals surface area contributed by atoms with Crippen molar-refractivity contribution < 1.29 is 4.94 Å². The van der Waals surface area contributed by atoms with E-state index in [1.165, 1.54) is 0 Å². The number of aromatic nitrogens is 2. The molecule has 0 aliphatic rings. The average Bonchev–Trinajstić information content (AvgIpc) is 2.28. The van der Waals surface area contributed by atoms with E-state index < -0.39 is 11.1 Å². The number of hydrogen-bond donors (Lipinski definition) is 4. The first kappa shape index (κ1) is 10.4. The predicted octanol–water partition coefficient (Wildman–Crippen LogP) is -0.306. The number of anilines is 1. The first-order chi connectivity index (χ1) is 7.70. The quantitative estimate of drug-likeness (QED) is 0.422. The largest absolute Gasteiger partial charge is 0.316 e. The molecule has 0 aliphatic carbocycles. The Bertz CT molecular complexity index is 616. The molecule has 0 saturated heterocycles. The van der Waals surface area contributed by atoms with Crippen molar-refractivity contribution in [2.24, 2.45) is 0 Å². The highest BCUT2D eigenvalue weighted by Crippen LogP contribution is 2.13. The second-order valence-electron chi connectivity index (χ2n) is 3.08. The van der Waals surface area contributed by atoms with Crippen LogP contribution < -0.4 is 22.1 Å². The van der Waals surface area contributed by atoms with Gasteiger partial charge in [0.05, 0.1) is 16.7 Å². The smallest absolute Gasteiger partial charge is 0.314 e. The van der Waals surface area contributed by atoms with Crippen molar-refractivity contribution in [1.29, 1.82) is 0 Å². The third-order valence-corrected chi connectivity index (χ3v) is 1.99. The van der Waals surface area contributed by atoms with Crippen LogP contribution in [-0.4, -0.2) is 17.0 Å². The normalized spacial score (nSPS) is 10.6. The summed E-state index contributed by atoms with van der Waals surface area (Å²) >= 11 is 0. The van der Waals surface area contributed by atoms with Gasteiger partial charge in [-0.1, -0.05) is 0 Å². The van der Waals surface area contributed by atoms with Gasteiger partial charge in [-0.3, -0.25) is 9.59 Å². The summed E-state index contributed by atoms with van der Waals surface area (Å²) in [4.78, 5) is 31.8. The molecule has 1 aromatic heterocycles. The van der Waals surface area contributed by atoms with Crippen LogP contribution in [0.25, 0.3) is 11.0 Å². The Hall–Kier alpha value is -2.12. The van der Waals surface area contributed by atoms with E-state index in [-0.39, 0.29) is 0 Å². The number of nitrogens with one attached hydrogen (secondary N) is 4. The van der Waals surface area contributed by atoms with Gasteiger partial charge in [0.15, 0.2) is 0 Å². The van der Waals surface area contributed by atoms with Crippen molar-refractivity contribution >= 4 is 16.7 Å². The molecule has 0 saturated carbocycles. The van der Waals surface area contributed by atoms with Crippen molar-refractivity contribution in [1.82, 2.24) is 15.4 Å². The van der Waals surface area contributed by atoms with E-state index in [0.29, 0.717) is 16.7 Å². The molecule has 0 unspecified atom stereocenters. The Labute approximate surface area is 89.4 Å². The Kier molecular flexibility index (Phi) is 2.71. The number of benzene rings is 1. The third-order valence-electron chi connectivity index (χ3n) is 1.99. The van der Waals surface area contributed by atoms with Gasteiger partial charge < -0.3 is 9.97 Å². The molecule has 0 atom stereocenters. The minimum absolute atomic E-state index is 0.523. The standard InChI is InChI=1S/C9H10N4O3/c1-10-16-13-5-2-3-6-7(4-5)12-9(15)8(14)11-6/h2-4,10,13H,1H3,(H,11,14)(H,12,15). The summed E-state index contributed by atoms with van der Waals surface area (Å²) in [5, 5.41) is 0. The van der Waals surface area contributed by atoms with Gasteiger partial charge in [0.25, 0.3) is 0 Å². The van der Waals surface area contributed by atoms with Gasteiger partial charge in [0.2, 0.25) is 0 Å². The fraction of sp³-hybridized carbons (Fsp3) is 0.111. The molecule has 1 heterocycles. The molecule has 0 spiro atoms. The van der Waals surface area contributed by atoms with Gasteiger partial charge in [-0.05, 0) is 18.2 Å². The first-order valence-corrected chi connectivity index (χ1v) is 4.55. The van der Waals surface area contributed by atoms with Crippen LogP contribution in [-0.2, 0) is 4.94 Å². The molecule has 0 aliphatic heterocycles. The van der Waals surface area contributed by atoms with E-state index in [1.54, 1.807) is 25.2 Å². The van der Waals surface area contributed by atoms with Crippen molar-refractivity contribution in [3.8, 4) is 0 Å². The van der Waals surface area contributed by atoms with Crippen LogP contribution in [0.3, 0.4) is 0 Å². The lowest BCUT2D eigenvalue weighted by Gasteiger charge is -2.05. The minimum Gasteiger partial charge on any atom is -0.316 e. The molecule has 16 heavy (non-hydrogen) atoms. The molecule has 7 nitrogen and oxygen atoms in total. The fourth-order valence-corrected chi connectivity index (χ4v) is 1.29. The Morgan fingerprint density at radius 3 is 2.50 bits per heavy atom. The summed E-state index contributed by atoms with van der Waals surface area (Å²) in [5.74, 6) is 0. The lowest BCUT2D eigenvalue weighted by Crippen LogP contribution is -2.28. The van der Waals surface area contributed by atoms with E-state index in [2.05, 4.69) is 20.9 Å². The number of rotatable bonds is 3. The monoisotopic (exact) mass is 222 g/mol. The number of fused-ring (bicyclic) bond motifs is 1. The fourth-order valence-electron chi connectivity index (χ4n) is 1.29. The van der Waals surface area contributed by atoms with E-state index in [9.17, 15) is 9.59 Å². The molecular formula is C9H10N4O3. The molecule has 4 N–H and O–H groups in total. The van der Waals surface area contributed by atoms with E-state index in [1.807, 2.05) is 0 Å². The first-order valence-electron chi connectivity index (χ1n) is 4.55. The lowest BCUT2D eigenvalue weighted by atomic mass is 10.3. The molecule has 0 bridgehead atoms. The van der Waals surface area contributed by atoms with Gasteiger partial charge in [-0.2, -0.15) is 10.4 Å². The second kappa shape index (κ2) is 4.17. The molecule has 0 radical (unpaired) electrons. The summed E-state index contributed by atoms with van der Waals surface area (Å²) in [6.45, 7) is 0. The highest BCUT2D eigenvalue weighted by atomic mass is 16.8. The van der Waals surface area contributed by atoms with E-state index >= 15 is 0 Å². The summed E-state index contributed by atoms with van der Waals surface area (Å²) < 4.78 is 0. The number of H-pyrrole nitrogens is 2. The summed E-state index contributed by atoms with van der Waals surface area (Å²) in [6.07, 6.45) is 0. The molecule has 84 valence electrons. The van der Waals surface area contributed by atoms with Crippen LogP contribution in [0.1, 0.15) is 0 Å². The van der Waals surface area contributed by atoms with Gasteiger partial charge in [-0.15, -0.1) is 0 Å². The molecule has 2 rings (SSSR count). The number of hydroxylamine groups is 1. The topological polar surface area (TPSA) is 99.0 Å². The van der Waals surface area contributed by atoms with Crippen molar-refractivity contribution in [3.63, 3.8) is 0 Å². The van der Waals surface area contributed by atoms with Crippen molar-refractivity contribution in [2.75, 3.05) is 12.5 Å². The zero-order chi connectivity index (χ0) is 11.5. The van der Waals surface area contributed by atoms with Gasteiger partial charge in [0, 0.05) is 7.05 Å². The van der Waals surface area contributed by atoms with Gasteiger partial charge in [-0.25, -0.2) is 5.48 Å². The van der Waals surface area contributed by atoms with Gasteiger partial charge >= 0.3 is 11.1 Å². The summed E-state index contributed by atoms with van der Waals surface area (Å²) in [6, 6.07) is 5.01. The summed E-state index contributed by atoms with van der Waals surface area (Å²) in [7, 11) is 1.60. The Balaban J connectivity index is 2.49. The zero-order valence-corrected chi connectivity index (χ0v) is 8.46. The maximum absolute atomic E-state index is 11.1. The van der Waals surface area contributed by atoms with Crippen LogP contribution in [0, 0.1) is 0 Å². The highest BCUT2D eigenvalue weighted by Gasteiger charge is 2.00. The summed E-state index contributed by atoms with van der Waals surface area (Å²) in [5.41, 5.74) is 5.41. The highest BCUT2D eigenvalue weighted by molar-refractivity contribution is 5.77. The van der Waals surface area contributed by atoms with Crippen LogP contribution >= 0.6 is 0 Å². The Morgan fingerprint density at radius 2 is 1.81 bits per heavy atom. The Morgan fingerprint density at radius 1 is 1.12 bits per heavy atom. The zero-order valence-electron chi connectivity index (χ0n) is 8.46. The average molecular weight is 222 g/mol. The molecule has 7 heteroatoms. The number of hydrogen-bond acceptors (Lipinski definition) is 5.